The van der Waals surface area contributed by atoms with Gasteiger partial charge in [-0.3, -0.25) is 4.79 Å². The van der Waals surface area contributed by atoms with E-state index in [1.165, 1.54) is 0 Å². The summed E-state index contributed by atoms with van der Waals surface area (Å²) in [4.78, 5) is 12.4. The van der Waals surface area contributed by atoms with Gasteiger partial charge in [-0.15, -0.1) is 0 Å². The number of carbonyl (C=O) groups is 1. The first kappa shape index (κ1) is 16.7. The normalized spacial score (nSPS) is 10.1. The lowest BCUT2D eigenvalue weighted by Crippen LogP contribution is -2.13. The van der Waals surface area contributed by atoms with Gasteiger partial charge in [0.25, 0.3) is 5.91 Å². The topological polar surface area (TPSA) is 56.8 Å². The number of carbonyl (C=O) groups excluding carboxylic acids is 1. The summed E-state index contributed by atoms with van der Waals surface area (Å²) in [5.41, 5.74) is 2.25. The van der Waals surface area contributed by atoms with Gasteiger partial charge in [0, 0.05) is 17.3 Å². The Hall–Kier alpha value is -2.69. The molecule has 0 bridgehead atoms. The molecule has 1 amide bonds. The van der Waals surface area contributed by atoms with E-state index in [0.29, 0.717) is 28.5 Å². The third-order valence-corrected chi connectivity index (χ3v) is 3.59. The van der Waals surface area contributed by atoms with Crippen molar-refractivity contribution in [2.24, 2.45) is 0 Å². The molecule has 0 aliphatic rings. The lowest BCUT2D eigenvalue weighted by atomic mass is 10.1. The largest absolute Gasteiger partial charge is 0.497 e. The maximum atomic E-state index is 12.4. The van der Waals surface area contributed by atoms with Crippen LogP contribution < -0.4 is 19.5 Å². The van der Waals surface area contributed by atoms with Crippen molar-refractivity contribution < 1.29 is 19.0 Å². The Morgan fingerprint density at radius 2 is 1.57 bits per heavy atom. The summed E-state index contributed by atoms with van der Waals surface area (Å²) in [5, 5.41) is 2.93. The maximum Gasteiger partial charge on any atom is 0.255 e. The fraction of sp³-hybridized carbons (Fsp3) is 0.278. The summed E-state index contributed by atoms with van der Waals surface area (Å²) < 4.78 is 15.7. The van der Waals surface area contributed by atoms with Crippen LogP contribution in [0.15, 0.2) is 36.4 Å². The van der Waals surface area contributed by atoms with Gasteiger partial charge in [-0.1, -0.05) is 6.92 Å². The maximum absolute atomic E-state index is 12.4. The lowest BCUT2D eigenvalue weighted by Gasteiger charge is -2.15. The van der Waals surface area contributed by atoms with Crippen molar-refractivity contribution in [2.75, 3.05) is 26.6 Å². The van der Waals surface area contributed by atoms with E-state index >= 15 is 0 Å². The lowest BCUT2D eigenvalue weighted by molar-refractivity contribution is 0.102. The molecule has 23 heavy (non-hydrogen) atoms. The molecular formula is C18H21NO4. The van der Waals surface area contributed by atoms with Crippen LogP contribution in [0.4, 0.5) is 5.69 Å². The molecule has 0 saturated heterocycles. The molecule has 5 heteroatoms. The zero-order valence-electron chi connectivity index (χ0n) is 13.8. The SMILES string of the molecule is CCc1cc(OC)c(OC)cc1NC(=O)c1ccc(OC)cc1. The predicted molar refractivity (Wildman–Crippen MR) is 89.9 cm³/mol. The average molecular weight is 315 g/mol. The summed E-state index contributed by atoms with van der Waals surface area (Å²) in [6, 6.07) is 10.6. The second-order valence-electron chi connectivity index (χ2n) is 4.90. The number of ether oxygens (including phenoxy) is 3. The Bertz CT molecular complexity index is 680. The quantitative estimate of drug-likeness (QED) is 0.886. The van der Waals surface area contributed by atoms with Gasteiger partial charge in [-0.05, 0) is 42.3 Å². The summed E-state index contributed by atoms with van der Waals surface area (Å²) in [6.07, 6.45) is 0.762. The molecule has 0 aromatic heterocycles. The van der Waals surface area contributed by atoms with Crippen molar-refractivity contribution in [3.8, 4) is 17.2 Å². The Morgan fingerprint density at radius 1 is 0.957 bits per heavy atom. The van der Waals surface area contributed by atoms with E-state index in [2.05, 4.69) is 5.32 Å². The summed E-state index contributed by atoms with van der Waals surface area (Å²) in [7, 11) is 4.75. The summed E-state index contributed by atoms with van der Waals surface area (Å²) in [5.74, 6) is 1.75. The average Bonchev–Trinajstić information content (AvgIpc) is 2.61. The molecule has 2 aromatic rings. The van der Waals surface area contributed by atoms with Gasteiger partial charge in [0.2, 0.25) is 0 Å². The molecule has 122 valence electrons. The van der Waals surface area contributed by atoms with Gasteiger partial charge < -0.3 is 19.5 Å². The number of benzene rings is 2. The van der Waals surface area contributed by atoms with Crippen LogP contribution in [-0.2, 0) is 6.42 Å². The highest BCUT2D eigenvalue weighted by molar-refractivity contribution is 6.04. The second kappa shape index (κ2) is 7.54. The number of methoxy groups -OCH3 is 3. The highest BCUT2D eigenvalue weighted by Crippen LogP contribution is 2.33. The van der Waals surface area contributed by atoms with Crippen LogP contribution in [0.5, 0.6) is 17.2 Å². The molecule has 0 unspecified atom stereocenters. The fourth-order valence-electron chi connectivity index (χ4n) is 2.27. The van der Waals surface area contributed by atoms with E-state index in [1.807, 2.05) is 13.0 Å². The van der Waals surface area contributed by atoms with Crippen molar-refractivity contribution in [3.63, 3.8) is 0 Å². The highest BCUT2D eigenvalue weighted by Gasteiger charge is 2.13. The molecule has 0 radical (unpaired) electrons. The zero-order valence-corrected chi connectivity index (χ0v) is 13.8. The monoisotopic (exact) mass is 315 g/mol. The van der Waals surface area contributed by atoms with Gasteiger partial charge >= 0.3 is 0 Å². The molecule has 0 spiro atoms. The third-order valence-electron chi connectivity index (χ3n) is 3.59. The molecule has 0 aliphatic carbocycles. The minimum Gasteiger partial charge on any atom is -0.497 e. The number of hydrogen-bond acceptors (Lipinski definition) is 4. The number of amides is 1. The van der Waals surface area contributed by atoms with Crippen LogP contribution in [0.1, 0.15) is 22.8 Å². The molecule has 0 heterocycles. The van der Waals surface area contributed by atoms with Gasteiger partial charge in [0.15, 0.2) is 11.5 Å². The van der Waals surface area contributed by atoms with E-state index < -0.39 is 0 Å². The van der Waals surface area contributed by atoms with Crippen LogP contribution in [0.25, 0.3) is 0 Å². The Kier molecular flexibility index (Phi) is 5.46. The Morgan fingerprint density at radius 3 is 2.09 bits per heavy atom. The molecule has 0 fully saturated rings. The van der Waals surface area contributed by atoms with Crippen LogP contribution >= 0.6 is 0 Å². The predicted octanol–water partition coefficient (Wildman–Crippen LogP) is 3.53. The zero-order chi connectivity index (χ0) is 16.8. The van der Waals surface area contributed by atoms with Gasteiger partial charge in [-0.2, -0.15) is 0 Å². The minimum absolute atomic E-state index is 0.186. The van der Waals surface area contributed by atoms with Crippen molar-refractivity contribution in [2.45, 2.75) is 13.3 Å². The first-order valence-electron chi connectivity index (χ1n) is 7.33. The Labute approximate surface area is 136 Å². The van der Waals surface area contributed by atoms with E-state index in [4.69, 9.17) is 14.2 Å². The Balaban J connectivity index is 2.28. The smallest absolute Gasteiger partial charge is 0.255 e. The number of rotatable bonds is 6. The first-order valence-corrected chi connectivity index (χ1v) is 7.33. The molecule has 0 saturated carbocycles. The van der Waals surface area contributed by atoms with Crippen molar-refractivity contribution >= 4 is 11.6 Å². The molecule has 1 N–H and O–H groups in total. The number of nitrogens with one attached hydrogen (secondary N) is 1. The van der Waals surface area contributed by atoms with E-state index in [1.54, 1.807) is 51.7 Å². The third kappa shape index (κ3) is 3.74. The van der Waals surface area contributed by atoms with Crippen molar-refractivity contribution in [1.82, 2.24) is 0 Å². The fourth-order valence-corrected chi connectivity index (χ4v) is 2.27. The molecule has 5 nitrogen and oxygen atoms in total. The standard InChI is InChI=1S/C18H21NO4/c1-5-12-10-16(22-3)17(23-4)11-15(12)19-18(20)13-6-8-14(21-2)9-7-13/h6-11H,5H2,1-4H3,(H,19,20). The van der Waals surface area contributed by atoms with Crippen LogP contribution in [0.3, 0.4) is 0 Å². The molecule has 2 aromatic carbocycles. The number of anilines is 1. The van der Waals surface area contributed by atoms with Gasteiger partial charge in [0.05, 0.1) is 21.3 Å². The van der Waals surface area contributed by atoms with Crippen molar-refractivity contribution in [3.05, 3.63) is 47.5 Å². The van der Waals surface area contributed by atoms with E-state index in [9.17, 15) is 4.79 Å². The summed E-state index contributed by atoms with van der Waals surface area (Å²) in [6.45, 7) is 2.02. The summed E-state index contributed by atoms with van der Waals surface area (Å²) >= 11 is 0. The van der Waals surface area contributed by atoms with Gasteiger partial charge in [0.1, 0.15) is 5.75 Å². The number of hydrogen-bond donors (Lipinski definition) is 1. The van der Waals surface area contributed by atoms with Gasteiger partial charge in [-0.25, -0.2) is 0 Å². The first-order chi connectivity index (χ1) is 11.1. The highest BCUT2D eigenvalue weighted by atomic mass is 16.5. The minimum atomic E-state index is -0.186. The number of aryl methyl sites for hydroxylation is 1. The van der Waals surface area contributed by atoms with Crippen molar-refractivity contribution in [1.29, 1.82) is 0 Å². The van der Waals surface area contributed by atoms with Crippen LogP contribution in [-0.4, -0.2) is 27.2 Å². The van der Waals surface area contributed by atoms with E-state index in [0.717, 1.165) is 12.0 Å². The molecule has 2 rings (SSSR count). The molecule has 0 aliphatic heterocycles. The molecule has 0 atom stereocenters. The van der Waals surface area contributed by atoms with Crippen LogP contribution in [0, 0.1) is 0 Å². The van der Waals surface area contributed by atoms with Crippen LogP contribution in [0.2, 0.25) is 0 Å². The second-order valence-corrected chi connectivity index (χ2v) is 4.90. The van der Waals surface area contributed by atoms with E-state index in [-0.39, 0.29) is 5.91 Å². The molecular weight excluding hydrogens is 294 g/mol.